The molecule has 1 amide bonds. The van der Waals surface area contributed by atoms with Crippen molar-refractivity contribution in [2.75, 3.05) is 6.54 Å². The highest BCUT2D eigenvalue weighted by molar-refractivity contribution is 6.31. The van der Waals surface area contributed by atoms with Gasteiger partial charge < -0.3 is 21.3 Å². The summed E-state index contributed by atoms with van der Waals surface area (Å²) in [5, 5.41) is 11.3. The third-order valence-electron chi connectivity index (χ3n) is 4.98. The number of fused-ring (bicyclic) bond motifs is 1. The minimum atomic E-state index is -4.94. The predicted molar refractivity (Wildman–Crippen MR) is 127 cm³/mol. The Bertz CT molecular complexity index is 1460. The van der Waals surface area contributed by atoms with Crippen molar-refractivity contribution < 1.29 is 22.7 Å². The normalized spacial score (nSPS) is 12.0. The molecule has 0 saturated carbocycles. The number of pyridine rings is 1. The van der Waals surface area contributed by atoms with E-state index in [0.717, 1.165) is 0 Å². The van der Waals surface area contributed by atoms with Crippen LogP contribution in [0.25, 0.3) is 27.8 Å². The Morgan fingerprint density at radius 1 is 1.17 bits per heavy atom. The molecule has 0 fully saturated rings. The van der Waals surface area contributed by atoms with Crippen molar-refractivity contribution in [1.82, 2.24) is 25.5 Å². The van der Waals surface area contributed by atoms with Gasteiger partial charge in [0.1, 0.15) is 5.75 Å². The summed E-state index contributed by atoms with van der Waals surface area (Å²) in [4.78, 5) is 17.1. The smallest absolute Gasteiger partial charge is 0.405 e. The molecule has 0 atom stereocenters. The first-order valence-electron chi connectivity index (χ1n) is 10.2. The molecule has 0 aliphatic rings. The highest BCUT2D eigenvalue weighted by Gasteiger charge is 2.33. The Hall–Kier alpha value is -4.36. The van der Waals surface area contributed by atoms with Crippen molar-refractivity contribution in [3.8, 4) is 22.7 Å². The van der Waals surface area contributed by atoms with E-state index >= 15 is 0 Å². The number of aromatic nitrogens is 3. The van der Waals surface area contributed by atoms with E-state index < -0.39 is 18.0 Å². The second-order valence-corrected chi connectivity index (χ2v) is 7.70. The van der Waals surface area contributed by atoms with Crippen LogP contribution in [0.3, 0.4) is 0 Å². The molecule has 4 aromatic rings. The zero-order chi connectivity index (χ0) is 25.9. The van der Waals surface area contributed by atoms with Gasteiger partial charge in [0, 0.05) is 22.2 Å². The van der Waals surface area contributed by atoms with Crippen LogP contribution in [0.1, 0.15) is 10.5 Å². The number of carbonyl (C=O) groups excluding carboxylic acids is 1. The fourth-order valence-electron chi connectivity index (χ4n) is 3.44. The summed E-state index contributed by atoms with van der Waals surface area (Å²) in [5.41, 5.74) is 3.30. The second kappa shape index (κ2) is 10.1. The Morgan fingerprint density at radius 3 is 2.67 bits per heavy atom. The van der Waals surface area contributed by atoms with E-state index in [0.29, 0.717) is 21.6 Å². The number of hydrogen-bond donors (Lipinski definition) is 4. The minimum Gasteiger partial charge on any atom is -0.405 e. The number of benzene rings is 2. The monoisotopic (exact) mass is 518 g/mol. The van der Waals surface area contributed by atoms with E-state index in [9.17, 15) is 18.0 Å². The van der Waals surface area contributed by atoms with Gasteiger partial charge in [0.15, 0.2) is 11.5 Å². The summed E-state index contributed by atoms with van der Waals surface area (Å²) in [5.74, 6) is 9.41. The van der Waals surface area contributed by atoms with Gasteiger partial charge in [0.05, 0.1) is 23.4 Å². The van der Waals surface area contributed by atoms with Crippen LogP contribution < -0.4 is 27.2 Å². The molecular weight excluding hydrogens is 501 g/mol. The average Bonchev–Trinajstić information content (AvgIpc) is 3.28. The first-order valence-corrected chi connectivity index (χ1v) is 10.6. The minimum absolute atomic E-state index is 0.0492. The fraction of sp³-hybridized carbons (Fsp3) is 0.0909. The van der Waals surface area contributed by atoms with E-state index in [1.807, 2.05) is 0 Å². The van der Waals surface area contributed by atoms with Crippen molar-refractivity contribution in [3.63, 3.8) is 0 Å². The quantitative estimate of drug-likeness (QED) is 0.133. The number of alkyl halides is 3. The number of hydrogen-bond acceptors (Lipinski definition) is 7. The number of amides is 1. The third-order valence-corrected chi connectivity index (χ3v) is 5.21. The lowest BCUT2D eigenvalue weighted by atomic mass is 10.1. The summed E-state index contributed by atoms with van der Waals surface area (Å²) in [7, 11) is 0. The summed E-state index contributed by atoms with van der Waals surface area (Å²) in [6.45, 7) is -0.140. The molecule has 0 saturated heterocycles. The molecule has 0 radical (unpaired) electrons. The topological polar surface area (TPSA) is 145 Å². The Morgan fingerprint density at radius 2 is 1.94 bits per heavy atom. The van der Waals surface area contributed by atoms with Gasteiger partial charge in [-0.2, -0.15) is 10.2 Å². The number of nitrogens with zero attached hydrogens (tertiary/aromatic N) is 4. The average molecular weight is 519 g/mol. The van der Waals surface area contributed by atoms with E-state index in [1.165, 1.54) is 41.2 Å². The number of nitrogens with two attached hydrogens (primary N) is 2. The molecule has 0 unspecified atom stereocenters. The molecule has 10 nitrogen and oxygen atoms in total. The van der Waals surface area contributed by atoms with Crippen LogP contribution >= 0.6 is 11.6 Å². The number of hydrazine groups is 1. The van der Waals surface area contributed by atoms with Gasteiger partial charge in [-0.1, -0.05) is 23.7 Å². The van der Waals surface area contributed by atoms with Crippen LogP contribution in [-0.2, 0) is 0 Å². The third kappa shape index (κ3) is 5.31. The number of para-hydroxylation sites is 1. The molecule has 4 rings (SSSR count). The maximum absolute atomic E-state index is 13.1. The van der Waals surface area contributed by atoms with Gasteiger partial charge in [0.25, 0.3) is 5.91 Å². The van der Waals surface area contributed by atoms with Gasteiger partial charge in [-0.05, 0) is 42.5 Å². The summed E-state index contributed by atoms with van der Waals surface area (Å²) in [6.07, 6.45) is -3.44. The van der Waals surface area contributed by atoms with Crippen LogP contribution in [0, 0.1) is 0 Å². The summed E-state index contributed by atoms with van der Waals surface area (Å²) < 4.78 is 44.9. The van der Waals surface area contributed by atoms with Crippen LogP contribution in [0.15, 0.2) is 65.9 Å². The Balaban J connectivity index is 1.88. The molecular formula is C22H18ClF3N8O2. The SMILES string of the molecule is NN=C(CNC(=O)c1cc(-c2ccccc2OC(F)(F)F)n(-c2ccnc3cc(Cl)ccc23)n1)NN. The summed E-state index contributed by atoms with van der Waals surface area (Å²) in [6, 6.07) is 13.4. The van der Waals surface area contributed by atoms with Gasteiger partial charge in [-0.25, -0.2) is 10.5 Å². The molecule has 6 N–H and O–H groups in total. The molecule has 2 aromatic carbocycles. The number of amidine groups is 1. The fourth-order valence-corrected chi connectivity index (χ4v) is 3.61. The Kier molecular flexibility index (Phi) is 6.94. The van der Waals surface area contributed by atoms with E-state index in [1.54, 1.807) is 24.3 Å². The first-order chi connectivity index (χ1) is 17.2. The van der Waals surface area contributed by atoms with E-state index in [4.69, 9.17) is 23.3 Å². The largest absolute Gasteiger partial charge is 0.573 e. The zero-order valence-corrected chi connectivity index (χ0v) is 19.0. The highest BCUT2D eigenvalue weighted by Crippen LogP contribution is 2.36. The maximum atomic E-state index is 13.1. The van der Waals surface area contributed by atoms with Crippen LogP contribution in [0.2, 0.25) is 5.02 Å². The number of nitrogens with one attached hydrogen (secondary N) is 2. The van der Waals surface area contributed by atoms with Gasteiger partial charge in [0.2, 0.25) is 0 Å². The summed E-state index contributed by atoms with van der Waals surface area (Å²) >= 11 is 6.09. The van der Waals surface area contributed by atoms with Gasteiger partial charge >= 0.3 is 6.36 Å². The van der Waals surface area contributed by atoms with Crippen molar-refractivity contribution >= 4 is 34.2 Å². The molecule has 2 aromatic heterocycles. The molecule has 14 heteroatoms. The van der Waals surface area contributed by atoms with Crippen LogP contribution in [0.5, 0.6) is 5.75 Å². The zero-order valence-electron chi connectivity index (χ0n) is 18.3. The number of halogens is 4. The van der Waals surface area contributed by atoms with Crippen molar-refractivity contribution in [2.45, 2.75) is 6.36 Å². The Labute approximate surface area is 206 Å². The van der Waals surface area contributed by atoms with Gasteiger partial charge in [-0.3, -0.25) is 9.78 Å². The molecule has 0 aliphatic heterocycles. The molecule has 0 spiro atoms. The molecule has 36 heavy (non-hydrogen) atoms. The van der Waals surface area contributed by atoms with E-state index in [-0.39, 0.29) is 29.3 Å². The van der Waals surface area contributed by atoms with Crippen molar-refractivity contribution in [2.24, 2.45) is 16.8 Å². The van der Waals surface area contributed by atoms with Crippen molar-refractivity contribution in [3.05, 3.63) is 71.5 Å². The number of hydrazone groups is 1. The van der Waals surface area contributed by atoms with Crippen LogP contribution in [0.4, 0.5) is 13.2 Å². The highest BCUT2D eigenvalue weighted by atomic mass is 35.5. The van der Waals surface area contributed by atoms with E-state index in [2.05, 4.69) is 30.7 Å². The van der Waals surface area contributed by atoms with Crippen molar-refractivity contribution in [1.29, 1.82) is 0 Å². The second-order valence-electron chi connectivity index (χ2n) is 7.26. The lowest BCUT2D eigenvalue weighted by molar-refractivity contribution is -0.274. The number of rotatable bonds is 6. The lowest BCUT2D eigenvalue weighted by Gasteiger charge is -2.15. The van der Waals surface area contributed by atoms with Crippen LogP contribution in [-0.4, -0.2) is 39.4 Å². The molecule has 0 aliphatic carbocycles. The maximum Gasteiger partial charge on any atom is 0.573 e. The number of ether oxygens (including phenoxy) is 1. The standard InChI is InChI=1S/C22H18ClF3N8O2/c23-12-5-6-13-15(9-12)29-8-7-17(13)34-18(14-3-1-2-4-19(14)36-22(24,25)26)10-16(33-34)21(35)30-11-20(31-27)32-28/h1-10H,11,27-28H2,(H,30,35)(H,31,32). The predicted octanol–water partition coefficient (Wildman–Crippen LogP) is 3.10. The number of carbonyl (C=O) groups is 1. The first kappa shape index (κ1) is 24.8. The lowest BCUT2D eigenvalue weighted by Crippen LogP contribution is -2.41. The van der Waals surface area contributed by atoms with Gasteiger partial charge in [-0.15, -0.1) is 13.2 Å². The molecule has 2 heterocycles. The molecule has 0 bridgehead atoms. The molecule has 186 valence electrons.